The predicted molar refractivity (Wildman–Crippen MR) is 89.3 cm³/mol. The number of nitrogens with zero attached hydrogens (tertiary/aromatic N) is 3. The Labute approximate surface area is 146 Å². The van der Waals surface area contributed by atoms with Gasteiger partial charge in [0, 0.05) is 57.8 Å². The topological polar surface area (TPSA) is 56.7 Å². The summed E-state index contributed by atoms with van der Waals surface area (Å²) in [5, 5.41) is 10.7. The Morgan fingerprint density at radius 2 is 2.00 bits per heavy atom. The third-order valence-electron chi connectivity index (χ3n) is 5.14. The number of rotatable bonds is 5. The molecule has 2 fully saturated rings. The zero-order valence-corrected chi connectivity index (χ0v) is 14.3. The van der Waals surface area contributed by atoms with Crippen molar-refractivity contribution in [1.82, 2.24) is 14.8 Å². The van der Waals surface area contributed by atoms with Gasteiger partial charge >= 0.3 is 0 Å². The number of piperidine rings is 1. The zero-order valence-electron chi connectivity index (χ0n) is 14.3. The van der Waals surface area contributed by atoms with Crippen LogP contribution in [0.15, 0.2) is 24.5 Å². The first kappa shape index (κ1) is 18.2. The van der Waals surface area contributed by atoms with Crippen LogP contribution in [0.2, 0.25) is 0 Å². The predicted octanol–water partition coefficient (Wildman–Crippen LogP) is 1.71. The maximum Gasteiger partial charge on any atom is 0.250 e. The standard InChI is InChI=1S/C18H25F2N3O2/c19-18(20)6-9-22(10-7-18)13-17(25)5-11-23(14-17)16(24)4-3-15-2-1-8-21-12-15/h1-2,8,12,25H,3-7,9-11,13-14H2/t17-/m0/s1. The van der Waals surface area contributed by atoms with Crippen LogP contribution in [-0.2, 0) is 11.2 Å². The van der Waals surface area contributed by atoms with Gasteiger partial charge in [-0.05, 0) is 24.5 Å². The molecule has 0 spiro atoms. The van der Waals surface area contributed by atoms with Crippen LogP contribution in [0.1, 0.15) is 31.2 Å². The highest BCUT2D eigenvalue weighted by molar-refractivity contribution is 5.76. The molecule has 138 valence electrons. The van der Waals surface area contributed by atoms with Gasteiger partial charge in [0.2, 0.25) is 5.91 Å². The molecule has 1 aromatic rings. The second-order valence-corrected chi connectivity index (χ2v) is 7.28. The van der Waals surface area contributed by atoms with Crippen molar-refractivity contribution in [3.8, 4) is 0 Å². The number of amides is 1. The van der Waals surface area contributed by atoms with Gasteiger partial charge in [-0.25, -0.2) is 8.78 Å². The minimum atomic E-state index is -2.58. The molecule has 1 amide bonds. The van der Waals surface area contributed by atoms with E-state index in [1.807, 2.05) is 17.0 Å². The first-order valence-electron chi connectivity index (χ1n) is 8.85. The van der Waals surface area contributed by atoms with E-state index in [1.54, 1.807) is 17.3 Å². The van der Waals surface area contributed by atoms with E-state index < -0.39 is 11.5 Å². The van der Waals surface area contributed by atoms with E-state index in [0.29, 0.717) is 45.4 Å². The van der Waals surface area contributed by atoms with Crippen LogP contribution >= 0.6 is 0 Å². The lowest BCUT2D eigenvalue weighted by atomic mass is 10.00. The van der Waals surface area contributed by atoms with Crippen LogP contribution in [0.5, 0.6) is 0 Å². The Kier molecular flexibility index (Phi) is 5.34. The lowest BCUT2D eigenvalue weighted by molar-refractivity contribution is -0.131. The fourth-order valence-corrected chi connectivity index (χ4v) is 3.61. The highest BCUT2D eigenvalue weighted by Crippen LogP contribution is 2.30. The first-order chi connectivity index (χ1) is 11.9. The van der Waals surface area contributed by atoms with E-state index in [-0.39, 0.29) is 25.3 Å². The zero-order chi connectivity index (χ0) is 17.9. The number of aromatic nitrogens is 1. The fourth-order valence-electron chi connectivity index (χ4n) is 3.61. The van der Waals surface area contributed by atoms with Gasteiger partial charge in [-0.2, -0.15) is 0 Å². The minimum Gasteiger partial charge on any atom is -0.387 e. The van der Waals surface area contributed by atoms with Crippen molar-refractivity contribution in [3.05, 3.63) is 30.1 Å². The first-order valence-corrected chi connectivity index (χ1v) is 8.85. The number of carbonyl (C=O) groups excluding carboxylic acids is 1. The van der Waals surface area contributed by atoms with Crippen molar-refractivity contribution in [2.24, 2.45) is 0 Å². The van der Waals surface area contributed by atoms with E-state index in [9.17, 15) is 18.7 Å². The monoisotopic (exact) mass is 353 g/mol. The van der Waals surface area contributed by atoms with Gasteiger partial charge in [-0.15, -0.1) is 0 Å². The number of aliphatic hydroxyl groups is 1. The Morgan fingerprint density at radius 3 is 2.68 bits per heavy atom. The van der Waals surface area contributed by atoms with Gasteiger partial charge in [0.25, 0.3) is 5.92 Å². The Bertz CT molecular complexity index is 589. The molecule has 0 saturated carbocycles. The summed E-state index contributed by atoms with van der Waals surface area (Å²) < 4.78 is 26.5. The molecule has 2 aliphatic heterocycles. The molecule has 0 aromatic carbocycles. The fraction of sp³-hybridized carbons (Fsp3) is 0.667. The Hall–Kier alpha value is -1.60. The number of halogens is 2. The second-order valence-electron chi connectivity index (χ2n) is 7.28. The molecule has 25 heavy (non-hydrogen) atoms. The summed E-state index contributed by atoms with van der Waals surface area (Å²) in [7, 11) is 0. The van der Waals surface area contributed by atoms with Crippen molar-refractivity contribution in [2.75, 3.05) is 32.7 Å². The summed E-state index contributed by atoms with van der Waals surface area (Å²) in [6, 6.07) is 3.78. The lowest BCUT2D eigenvalue weighted by Crippen LogP contribution is -2.49. The third kappa shape index (κ3) is 4.95. The Balaban J connectivity index is 1.46. The van der Waals surface area contributed by atoms with Gasteiger partial charge in [0.1, 0.15) is 0 Å². The van der Waals surface area contributed by atoms with E-state index in [2.05, 4.69) is 4.98 Å². The lowest BCUT2D eigenvalue weighted by Gasteiger charge is -2.36. The summed E-state index contributed by atoms with van der Waals surface area (Å²) in [4.78, 5) is 20.0. The van der Waals surface area contributed by atoms with Crippen molar-refractivity contribution in [1.29, 1.82) is 0 Å². The van der Waals surface area contributed by atoms with Gasteiger partial charge < -0.3 is 10.0 Å². The molecule has 7 heteroatoms. The summed E-state index contributed by atoms with van der Waals surface area (Å²) in [6.07, 6.45) is 4.65. The van der Waals surface area contributed by atoms with Crippen LogP contribution in [0, 0.1) is 0 Å². The van der Waals surface area contributed by atoms with Gasteiger partial charge in [-0.3, -0.25) is 14.7 Å². The average Bonchev–Trinajstić information content (AvgIpc) is 2.98. The summed E-state index contributed by atoms with van der Waals surface area (Å²) in [5.41, 5.74) is 0.0240. The molecule has 0 radical (unpaired) electrons. The van der Waals surface area contributed by atoms with Crippen molar-refractivity contribution >= 4 is 5.91 Å². The second kappa shape index (κ2) is 7.33. The third-order valence-corrected chi connectivity index (χ3v) is 5.14. The van der Waals surface area contributed by atoms with Gasteiger partial charge in [-0.1, -0.05) is 6.07 Å². The molecule has 2 aliphatic rings. The maximum atomic E-state index is 13.2. The van der Waals surface area contributed by atoms with E-state index >= 15 is 0 Å². The van der Waals surface area contributed by atoms with Crippen LogP contribution in [-0.4, -0.2) is 70.0 Å². The quantitative estimate of drug-likeness (QED) is 0.876. The Morgan fingerprint density at radius 1 is 1.24 bits per heavy atom. The van der Waals surface area contributed by atoms with Gasteiger partial charge in [0.05, 0.1) is 12.1 Å². The smallest absolute Gasteiger partial charge is 0.250 e. The summed E-state index contributed by atoms with van der Waals surface area (Å²) in [5.74, 6) is -2.56. The normalized spacial score (nSPS) is 26.8. The highest BCUT2D eigenvalue weighted by Gasteiger charge is 2.41. The maximum absolute atomic E-state index is 13.2. The number of β-amino-alcohol motifs (C(OH)–C–C–N with tert-alkyl or cyclic N) is 1. The molecule has 2 saturated heterocycles. The highest BCUT2D eigenvalue weighted by atomic mass is 19.3. The van der Waals surface area contributed by atoms with E-state index in [0.717, 1.165) is 5.56 Å². The molecule has 0 aliphatic carbocycles. The average molecular weight is 353 g/mol. The number of pyridine rings is 1. The summed E-state index contributed by atoms with van der Waals surface area (Å²) in [6.45, 7) is 1.75. The van der Waals surface area contributed by atoms with Crippen LogP contribution in [0.25, 0.3) is 0 Å². The molecule has 3 heterocycles. The molecule has 1 atom stereocenters. The van der Waals surface area contributed by atoms with Crippen LogP contribution in [0.4, 0.5) is 8.78 Å². The molecule has 0 unspecified atom stereocenters. The number of hydrogen-bond donors (Lipinski definition) is 1. The van der Waals surface area contributed by atoms with Crippen molar-refractivity contribution in [3.63, 3.8) is 0 Å². The molecule has 1 N–H and O–H groups in total. The molecular weight excluding hydrogens is 328 g/mol. The molecule has 3 rings (SSSR count). The molecule has 5 nitrogen and oxygen atoms in total. The number of hydrogen-bond acceptors (Lipinski definition) is 4. The number of likely N-dealkylation sites (tertiary alicyclic amines) is 2. The van der Waals surface area contributed by atoms with Crippen LogP contribution in [0.3, 0.4) is 0 Å². The van der Waals surface area contributed by atoms with Gasteiger partial charge in [0.15, 0.2) is 0 Å². The number of carbonyl (C=O) groups is 1. The van der Waals surface area contributed by atoms with E-state index in [4.69, 9.17) is 0 Å². The molecule has 0 bridgehead atoms. The number of alkyl halides is 2. The van der Waals surface area contributed by atoms with Crippen molar-refractivity contribution < 1.29 is 18.7 Å². The SMILES string of the molecule is O=C(CCc1cccnc1)N1CC[C@](O)(CN2CCC(F)(F)CC2)C1. The van der Waals surface area contributed by atoms with Crippen LogP contribution < -0.4 is 0 Å². The number of aryl methyl sites for hydroxylation is 1. The molecular formula is C18H25F2N3O2. The van der Waals surface area contributed by atoms with Crippen molar-refractivity contribution in [2.45, 2.75) is 43.6 Å². The molecule has 1 aromatic heterocycles. The van der Waals surface area contributed by atoms with E-state index in [1.165, 1.54) is 0 Å². The summed E-state index contributed by atoms with van der Waals surface area (Å²) >= 11 is 0. The minimum absolute atomic E-state index is 0.0185. The largest absolute Gasteiger partial charge is 0.387 e.